The first kappa shape index (κ1) is 8.11. The van der Waals surface area contributed by atoms with Gasteiger partial charge in [-0.2, -0.15) is 0 Å². The topological polar surface area (TPSA) is 56.7 Å². The molecule has 2 N–H and O–H groups in total. The molecule has 0 saturated heterocycles. The van der Waals surface area contributed by atoms with Gasteiger partial charge in [0.1, 0.15) is 12.1 Å². The summed E-state index contributed by atoms with van der Waals surface area (Å²) in [5, 5.41) is 0.869. The first-order chi connectivity index (χ1) is 5.70. The maximum Gasteiger partial charge on any atom is 0.156 e. The Bertz CT molecular complexity index is 438. The van der Waals surface area contributed by atoms with Crippen LogP contribution in [0.15, 0.2) is 12.5 Å². The molecule has 0 saturated carbocycles. The molecule has 0 unspecified atom stereocenters. The highest BCUT2D eigenvalue weighted by Crippen LogP contribution is 2.25. The summed E-state index contributed by atoms with van der Waals surface area (Å²) in [6, 6.07) is 0. The van der Waals surface area contributed by atoms with Crippen LogP contribution in [0.4, 0.5) is 5.82 Å². The van der Waals surface area contributed by atoms with Gasteiger partial charge in [0.05, 0.1) is 5.39 Å². The normalized spacial score (nSPS) is 10.8. The fourth-order valence-electron chi connectivity index (χ4n) is 1.03. The molecular weight excluding hydrogens is 287 g/mol. The molecule has 0 radical (unpaired) electrons. The molecule has 0 spiro atoms. The molecule has 2 rings (SSSR count). The van der Waals surface area contributed by atoms with Crippen molar-refractivity contribution in [2.24, 2.45) is 0 Å². The van der Waals surface area contributed by atoms with Gasteiger partial charge in [0.25, 0.3) is 0 Å². The number of nitrogens with two attached hydrogens (primary N) is 1. The Balaban J connectivity index is 2.99. The van der Waals surface area contributed by atoms with Gasteiger partial charge in [-0.3, -0.25) is 3.97 Å². The molecular formula is C6H5IN4S. The summed E-state index contributed by atoms with van der Waals surface area (Å²) in [6.07, 6.45) is 3.28. The largest absolute Gasteiger partial charge is 0.383 e. The molecule has 0 aliphatic carbocycles. The third-order valence-corrected chi connectivity index (χ3v) is 2.67. The Morgan fingerprint density at radius 2 is 2.25 bits per heavy atom. The van der Waals surface area contributed by atoms with Crippen molar-refractivity contribution in [3.63, 3.8) is 0 Å². The summed E-state index contributed by atoms with van der Waals surface area (Å²) in [4.78, 5) is 7.95. The number of fused-ring (bicyclic) bond motifs is 1. The van der Waals surface area contributed by atoms with E-state index < -0.39 is 0 Å². The molecule has 6 heteroatoms. The zero-order chi connectivity index (χ0) is 8.72. The van der Waals surface area contributed by atoms with Crippen LogP contribution in [-0.2, 0) is 0 Å². The van der Waals surface area contributed by atoms with E-state index in [1.165, 1.54) is 6.33 Å². The van der Waals surface area contributed by atoms with Crippen LogP contribution in [-0.4, -0.2) is 13.9 Å². The smallest absolute Gasteiger partial charge is 0.156 e. The monoisotopic (exact) mass is 292 g/mol. The van der Waals surface area contributed by atoms with E-state index in [1.807, 2.05) is 6.20 Å². The molecule has 2 heterocycles. The van der Waals surface area contributed by atoms with Crippen molar-refractivity contribution >= 4 is 52.3 Å². The maximum atomic E-state index is 5.67. The number of hydrogen-bond acceptors (Lipinski definition) is 4. The van der Waals surface area contributed by atoms with Crippen LogP contribution >= 0.6 is 35.4 Å². The zero-order valence-electron chi connectivity index (χ0n) is 5.90. The standard InChI is InChI=1S/C6H5IN4S/c7-3-1-11(12)6-4(3)5(8)9-2-10-6/h1-2,12H,(H2,8,9,10). The van der Waals surface area contributed by atoms with Gasteiger partial charge in [-0.05, 0) is 22.6 Å². The average Bonchev–Trinajstić information content (AvgIpc) is 2.29. The van der Waals surface area contributed by atoms with Gasteiger partial charge in [0.15, 0.2) is 5.65 Å². The lowest BCUT2D eigenvalue weighted by Gasteiger charge is -1.94. The van der Waals surface area contributed by atoms with E-state index in [2.05, 4.69) is 45.4 Å². The molecule has 4 nitrogen and oxygen atoms in total. The second kappa shape index (κ2) is 2.77. The molecule has 0 aliphatic rings. The summed E-state index contributed by atoms with van der Waals surface area (Å²) < 4.78 is 2.64. The minimum Gasteiger partial charge on any atom is -0.383 e. The number of halogens is 1. The molecule has 0 amide bonds. The van der Waals surface area contributed by atoms with Crippen LogP contribution < -0.4 is 5.73 Å². The van der Waals surface area contributed by atoms with Crippen LogP contribution in [0, 0.1) is 3.57 Å². The van der Waals surface area contributed by atoms with Crippen molar-refractivity contribution < 1.29 is 0 Å². The summed E-state index contributed by atoms with van der Waals surface area (Å²) in [6.45, 7) is 0. The van der Waals surface area contributed by atoms with Crippen molar-refractivity contribution in [2.45, 2.75) is 0 Å². The van der Waals surface area contributed by atoms with E-state index >= 15 is 0 Å². The van der Waals surface area contributed by atoms with Crippen LogP contribution in [0.2, 0.25) is 0 Å². The van der Waals surface area contributed by atoms with Gasteiger partial charge in [0.2, 0.25) is 0 Å². The van der Waals surface area contributed by atoms with Crippen LogP contribution in [0.25, 0.3) is 11.0 Å². The fourth-order valence-corrected chi connectivity index (χ4v) is 2.31. The number of hydrogen-bond donors (Lipinski definition) is 2. The minimum absolute atomic E-state index is 0.497. The highest BCUT2D eigenvalue weighted by atomic mass is 127. The molecule has 0 bridgehead atoms. The van der Waals surface area contributed by atoms with Gasteiger partial charge in [-0.1, -0.05) is 12.8 Å². The Morgan fingerprint density at radius 3 is 2.92 bits per heavy atom. The van der Waals surface area contributed by atoms with E-state index in [9.17, 15) is 0 Å². The van der Waals surface area contributed by atoms with Gasteiger partial charge in [-0.25, -0.2) is 9.97 Å². The quantitative estimate of drug-likeness (QED) is 0.568. The minimum atomic E-state index is 0.497. The Hall–Kier alpha value is -0.500. The molecule has 0 aromatic carbocycles. The lowest BCUT2D eigenvalue weighted by Crippen LogP contribution is -1.92. The van der Waals surface area contributed by atoms with Gasteiger partial charge < -0.3 is 5.73 Å². The molecule has 0 aliphatic heterocycles. The first-order valence-corrected chi connectivity index (χ1v) is 4.64. The fraction of sp³-hybridized carbons (Fsp3) is 0. The predicted molar refractivity (Wildman–Crippen MR) is 59.0 cm³/mol. The van der Waals surface area contributed by atoms with E-state index in [4.69, 9.17) is 5.73 Å². The lowest BCUT2D eigenvalue weighted by atomic mass is 10.4. The molecule has 0 atom stereocenters. The number of nitrogen functional groups attached to an aromatic ring is 1. The average molecular weight is 292 g/mol. The van der Waals surface area contributed by atoms with Crippen molar-refractivity contribution in [3.8, 4) is 0 Å². The predicted octanol–water partition coefficient (Wildman–Crippen LogP) is 1.31. The van der Waals surface area contributed by atoms with E-state index in [0.717, 1.165) is 14.6 Å². The summed E-state index contributed by atoms with van der Waals surface area (Å²) >= 11 is 6.36. The number of anilines is 1. The highest BCUT2D eigenvalue weighted by Gasteiger charge is 2.08. The second-order valence-electron chi connectivity index (χ2n) is 2.28. The number of rotatable bonds is 0. The summed E-state index contributed by atoms with van der Waals surface area (Å²) in [5.41, 5.74) is 6.41. The van der Waals surface area contributed by atoms with E-state index in [1.54, 1.807) is 3.97 Å². The summed E-state index contributed by atoms with van der Waals surface area (Å²) in [5.74, 6) is 0.497. The van der Waals surface area contributed by atoms with Crippen molar-refractivity contribution in [1.29, 1.82) is 0 Å². The van der Waals surface area contributed by atoms with Crippen molar-refractivity contribution in [2.75, 3.05) is 5.73 Å². The van der Waals surface area contributed by atoms with E-state index in [-0.39, 0.29) is 0 Å². The lowest BCUT2D eigenvalue weighted by molar-refractivity contribution is 1.19. The first-order valence-electron chi connectivity index (χ1n) is 3.16. The van der Waals surface area contributed by atoms with Crippen LogP contribution in [0.5, 0.6) is 0 Å². The third-order valence-electron chi connectivity index (χ3n) is 1.55. The zero-order valence-corrected chi connectivity index (χ0v) is 8.95. The Labute approximate surface area is 87.9 Å². The van der Waals surface area contributed by atoms with Gasteiger partial charge in [-0.15, -0.1) is 0 Å². The van der Waals surface area contributed by atoms with Gasteiger partial charge >= 0.3 is 0 Å². The Kier molecular flexibility index (Phi) is 1.87. The number of nitrogens with zero attached hydrogens (tertiary/aromatic N) is 3. The second-order valence-corrected chi connectivity index (χ2v) is 3.87. The maximum absolute atomic E-state index is 5.67. The molecule has 12 heavy (non-hydrogen) atoms. The SMILES string of the molecule is Nc1ncnc2c1c(I)cn2S. The molecule has 2 aromatic heterocycles. The van der Waals surface area contributed by atoms with Crippen LogP contribution in [0.3, 0.4) is 0 Å². The number of aromatic nitrogens is 3. The van der Waals surface area contributed by atoms with E-state index in [0.29, 0.717) is 5.82 Å². The molecule has 0 fully saturated rings. The highest BCUT2D eigenvalue weighted by molar-refractivity contribution is 14.1. The molecule has 2 aromatic rings. The third kappa shape index (κ3) is 1.06. The number of thiol groups is 1. The van der Waals surface area contributed by atoms with Crippen molar-refractivity contribution in [3.05, 3.63) is 16.1 Å². The van der Waals surface area contributed by atoms with Crippen molar-refractivity contribution in [1.82, 2.24) is 13.9 Å². The summed E-state index contributed by atoms with van der Waals surface area (Å²) in [7, 11) is 0. The van der Waals surface area contributed by atoms with Gasteiger partial charge in [0, 0.05) is 9.77 Å². The molecule has 62 valence electrons. The Morgan fingerprint density at radius 1 is 1.50 bits per heavy atom. The van der Waals surface area contributed by atoms with Crippen LogP contribution in [0.1, 0.15) is 0 Å².